The zero-order valence-corrected chi connectivity index (χ0v) is 8.59. The Bertz CT molecular complexity index is 180. The van der Waals surface area contributed by atoms with Crippen LogP contribution in [0, 0.1) is 0 Å². The number of halogens is 3. The molecule has 3 nitrogen and oxygen atoms in total. The first kappa shape index (κ1) is 10.1. The maximum absolute atomic E-state index is 11.4. The lowest BCUT2D eigenvalue weighted by Gasteiger charge is -2.27. The summed E-state index contributed by atoms with van der Waals surface area (Å²) in [7, 11) is -3.50. The molecule has 1 heterocycles. The van der Waals surface area contributed by atoms with Crippen LogP contribution < -0.4 is 0 Å². The summed E-state index contributed by atoms with van der Waals surface area (Å²) in [5.74, 6) is 0. The molecule has 1 rings (SSSR count). The van der Waals surface area contributed by atoms with Crippen LogP contribution in [-0.2, 0) is 13.6 Å². The summed E-state index contributed by atoms with van der Waals surface area (Å²) in [6, 6.07) is 0. The topological polar surface area (TPSA) is 35.5 Å². The van der Waals surface area contributed by atoms with Gasteiger partial charge in [0.1, 0.15) is 0 Å². The molecular weight excluding hydrogens is 233 g/mol. The van der Waals surface area contributed by atoms with Gasteiger partial charge in [-0.1, -0.05) is 34.8 Å². The third kappa shape index (κ3) is 2.24. The number of hydrogen-bond donors (Lipinski definition) is 0. The quantitative estimate of drug-likeness (QED) is 0.481. The fraction of sp³-hybridized carbons (Fsp3) is 1.00. The van der Waals surface area contributed by atoms with Crippen LogP contribution in [0.4, 0.5) is 0 Å². The molecule has 7 heteroatoms. The molecule has 0 radical (unpaired) electrons. The first-order valence-corrected chi connectivity index (χ1v) is 5.59. The summed E-state index contributed by atoms with van der Waals surface area (Å²) in [4.78, 5) is 0. The minimum atomic E-state index is -3.50. The van der Waals surface area contributed by atoms with Crippen molar-refractivity contribution in [3.05, 3.63) is 0 Å². The molecule has 1 aliphatic heterocycles. The van der Waals surface area contributed by atoms with Crippen LogP contribution >= 0.6 is 42.4 Å². The SMILES string of the molecule is O=P1(C(Cl)(Cl)Cl)OCCCO1. The fourth-order valence-electron chi connectivity index (χ4n) is 0.612. The lowest BCUT2D eigenvalue weighted by molar-refractivity contribution is 0.146. The van der Waals surface area contributed by atoms with Gasteiger partial charge < -0.3 is 9.05 Å². The molecule has 1 aliphatic rings. The highest BCUT2D eigenvalue weighted by atomic mass is 35.6. The first-order valence-electron chi connectivity index (χ1n) is 2.92. The Morgan fingerprint density at radius 2 is 1.64 bits per heavy atom. The van der Waals surface area contributed by atoms with Crippen molar-refractivity contribution in [1.29, 1.82) is 0 Å². The van der Waals surface area contributed by atoms with Gasteiger partial charge in [0.2, 0.25) is 0 Å². The molecule has 0 aliphatic carbocycles. The molecule has 1 fully saturated rings. The minimum absolute atomic E-state index is 0.311. The molecule has 0 bridgehead atoms. The van der Waals surface area contributed by atoms with Gasteiger partial charge in [-0.15, -0.1) is 0 Å². The Balaban J connectivity index is 2.73. The molecule has 0 amide bonds. The monoisotopic (exact) mass is 238 g/mol. The van der Waals surface area contributed by atoms with E-state index in [2.05, 4.69) is 0 Å². The van der Waals surface area contributed by atoms with E-state index in [1.54, 1.807) is 0 Å². The molecule has 0 aromatic carbocycles. The molecule has 0 atom stereocenters. The second-order valence-electron chi connectivity index (χ2n) is 1.99. The number of hydrogen-bond acceptors (Lipinski definition) is 3. The standard InChI is InChI=1S/C4H6Cl3O3P/c5-4(6,7)11(8)9-2-1-3-10-11/h1-3H2. The highest BCUT2D eigenvalue weighted by Gasteiger charge is 2.48. The second kappa shape index (κ2) is 3.41. The summed E-state index contributed by atoms with van der Waals surface area (Å²) < 4.78 is 19.0. The number of rotatable bonds is 0. The van der Waals surface area contributed by atoms with Gasteiger partial charge in [0.15, 0.2) is 0 Å². The number of alkyl halides is 3. The van der Waals surface area contributed by atoms with E-state index < -0.39 is 11.1 Å². The van der Waals surface area contributed by atoms with E-state index in [0.29, 0.717) is 19.6 Å². The maximum atomic E-state index is 11.4. The van der Waals surface area contributed by atoms with Gasteiger partial charge >= 0.3 is 7.60 Å². The van der Waals surface area contributed by atoms with Gasteiger partial charge in [-0.05, 0) is 6.42 Å². The Labute approximate surface area is 79.4 Å². The Kier molecular flexibility index (Phi) is 3.13. The highest BCUT2D eigenvalue weighted by Crippen LogP contribution is 2.67. The van der Waals surface area contributed by atoms with Gasteiger partial charge in [-0.3, -0.25) is 4.57 Å². The smallest absolute Gasteiger partial charge is 0.306 e. The molecular formula is C4H6Cl3O3P. The molecule has 11 heavy (non-hydrogen) atoms. The Morgan fingerprint density at radius 3 is 1.91 bits per heavy atom. The Morgan fingerprint density at radius 1 is 1.18 bits per heavy atom. The molecule has 0 unspecified atom stereocenters. The van der Waals surface area contributed by atoms with Gasteiger partial charge in [0.25, 0.3) is 3.53 Å². The lowest BCUT2D eigenvalue weighted by Crippen LogP contribution is -2.17. The van der Waals surface area contributed by atoms with E-state index in [1.165, 1.54) is 0 Å². The predicted octanol–water partition coefficient (Wildman–Crippen LogP) is 2.94. The van der Waals surface area contributed by atoms with Crippen molar-refractivity contribution in [2.45, 2.75) is 9.95 Å². The van der Waals surface area contributed by atoms with Gasteiger partial charge in [-0.2, -0.15) is 0 Å². The van der Waals surface area contributed by atoms with E-state index in [9.17, 15) is 4.57 Å². The summed E-state index contributed by atoms with van der Waals surface area (Å²) >= 11 is 16.1. The van der Waals surface area contributed by atoms with Crippen molar-refractivity contribution in [3.8, 4) is 0 Å². The normalized spacial score (nSPS) is 25.0. The van der Waals surface area contributed by atoms with Gasteiger partial charge in [0.05, 0.1) is 13.2 Å². The molecule has 0 spiro atoms. The van der Waals surface area contributed by atoms with Crippen LogP contribution in [0.1, 0.15) is 6.42 Å². The van der Waals surface area contributed by atoms with Crippen LogP contribution in [0.5, 0.6) is 0 Å². The average Bonchev–Trinajstić information content (AvgIpc) is 1.87. The molecule has 0 aromatic heterocycles. The highest BCUT2D eigenvalue weighted by molar-refractivity contribution is 7.62. The average molecular weight is 239 g/mol. The second-order valence-corrected chi connectivity index (χ2v) is 7.24. The molecule has 1 saturated heterocycles. The minimum Gasteiger partial charge on any atom is -0.306 e. The van der Waals surface area contributed by atoms with E-state index >= 15 is 0 Å². The lowest BCUT2D eigenvalue weighted by atomic mass is 10.5. The van der Waals surface area contributed by atoms with Crippen LogP contribution in [0.3, 0.4) is 0 Å². The van der Waals surface area contributed by atoms with Crippen LogP contribution in [0.15, 0.2) is 0 Å². The van der Waals surface area contributed by atoms with Crippen molar-refractivity contribution < 1.29 is 13.6 Å². The van der Waals surface area contributed by atoms with Crippen molar-refractivity contribution >= 4 is 42.4 Å². The van der Waals surface area contributed by atoms with Gasteiger partial charge in [0, 0.05) is 0 Å². The van der Waals surface area contributed by atoms with Crippen molar-refractivity contribution in [1.82, 2.24) is 0 Å². The summed E-state index contributed by atoms with van der Waals surface area (Å²) in [6.45, 7) is 0.621. The summed E-state index contributed by atoms with van der Waals surface area (Å²) in [5, 5.41) is 0. The molecule has 0 saturated carbocycles. The third-order valence-corrected chi connectivity index (χ3v) is 4.65. The maximum Gasteiger partial charge on any atom is 0.381 e. The van der Waals surface area contributed by atoms with E-state index in [0.717, 1.165) is 0 Å². The zero-order chi connectivity index (χ0) is 8.54. The third-order valence-electron chi connectivity index (χ3n) is 1.12. The fourth-order valence-corrected chi connectivity index (χ4v) is 2.60. The summed E-state index contributed by atoms with van der Waals surface area (Å²) in [5.41, 5.74) is 0. The molecule has 0 N–H and O–H groups in total. The van der Waals surface area contributed by atoms with E-state index in [-0.39, 0.29) is 0 Å². The largest absolute Gasteiger partial charge is 0.381 e. The van der Waals surface area contributed by atoms with Gasteiger partial charge in [-0.25, -0.2) is 0 Å². The van der Waals surface area contributed by atoms with Crippen LogP contribution in [0.25, 0.3) is 0 Å². The van der Waals surface area contributed by atoms with Crippen LogP contribution in [0.2, 0.25) is 0 Å². The van der Waals surface area contributed by atoms with E-state index in [4.69, 9.17) is 43.9 Å². The van der Waals surface area contributed by atoms with Crippen molar-refractivity contribution in [2.24, 2.45) is 0 Å². The molecule has 0 aromatic rings. The first-order chi connectivity index (χ1) is 4.96. The Hall–Kier alpha value is 1.02. The van der Waals surface area contributed by atoms with Crippen molar-refractivity contribution in [2.75, 3.05) is 13.2 Å². The van der Waals surface area contributed by atoms with Crippen LogP contribution in [-0.4, -0.2) is 16.7 Å². The predicted molar refractivity (Wildman–Crippen MR) is 44.4 cm³/mol. The summed E-state index contributed by atoms with van der Waals surface area (Å²) in [6.07, 6.45) is 0.671. The van der Waals surface area contributed by atoms with E-state index in [1.807, 2.05) is 0 Å². The molecule has 66 valence electrons. The zero-order valence-electron chi connectivity index (χ0n) is 5.43. The van der Waals surface area contributed by atoms with Crippen molar-refractivity contribution in [3.63, 3.8) is 0 Å².